The second-order valence-corrected chi connectivity index (χ2v) is 6.14. The molecule has 0 saturated carbocycles. The van der Waals surface area contributed by atoms with Crippen LogP contribution in [0, 0.1) is 0 Å². The highest BCUT2D eigenvalue weighted by molar-refractivity contribution is 5.74. The van der Waals surface area contributed by atoms with Gasteiger partial charge in [-0.25, -0.2) is 4.79 Å². The summed E-state index contributed by atoms with van der Waals surface area (Å²) in [5.41, 5.74) is 0.981. The summed E-state index contributed by atoms with van der Waals surface area (Å²) in [7, 11) is 0. The van der Waals surface area contributed by atoms with Gasteiger partial charge in [-0.3, -0.25) is 9.88 Å². The topological polar surface area (TPSA) is 70.4 Å². The quantitative estimate of drug-likeness (QED) is 0.855. The van der Waals surface area contributed by atoms with Crippen LogP contribution in [0.4, 0.5) is 4.79 Å². The number of nitrogens with zero attached hydrogens (tertiary/aromatic N) is 2. The fraction of sp³-hybridized carbons (Fsp3) is 0.444. The number of likely N-dealkylation sites (tertiary alicyclic amines) is 1. The van der Waals surface area contributed by atoms with Crippen LogP contribution in [0.2, 0.25) is 0 Å². The minimum Gasteiger partial charge on any atom is -0.468 e. The number of carbonyl (C=O) groups is 1. The molecule has 3 heterocycles. The first-order valence-electron chi connectivity index (χ1n) is 8.46. The molecule has 0 bridgehead atoms. The highest BCUT2D eigenvalue weighted by Gasteiger charge is 2.26. The van der Waals surface area contributed by atoms with Crippen molar-refractivity contribution in [3.05, 3.63) is 54.2 Å². The van der Waals surface area contributed by atoms with Crippen molar-refractivity contribution >= 4 is 6.03 Å². The monoisotopic (exact) mass is 328 g/mol. The van der Waals surface area contributed by atoms with Gasteiger partial charge in [0.05, 0.1) is 18.3 Å². The van der Waals surface area contributed by atoms with Gasteiger partial charge in [-0.15, -0.1) is 0 Å². The van der Waals surface area contributed by atoms with Crippen molar-refractivity contribution in [3.8, 4) is 0 Å². The summed E-state index contributed by atoms with van der Waals surface area (Å²) in [6.07, 6.45) is 7.56. The molecule has 2 aromatic rings. The normalized spacial score (nSPS) is 17.4. The molecule has 2 amide bonds. The van der Waals surface area contributed by atoms with Gasteiger partial charge >= 0.3 is 6.03 Å². The summed E-state index contributed by atoms with van der Waals surface area (Å²) >= 11 is 0. The standard InChI is InChI=1S/C18H24N4O2/c1-14(15-6-4-8-19-12-15)21-18(23)20-13-16(17-7-5-11-24-17)22-9-2-3-10-22/h4-8,11-12,14,16H,2-3,9-10,13H2,1H3,(H2,20,21,23)/t14-,16-/m1/s1. The average molecular weight is 328 g/mol. The summed E-state index contributed by atoms with van der Waals surface area (Å²) in [6, 6.07) is 7.50. The number of rotatable bonds is 6. The molecule has 0 aliphatic carbocycles. The number of carbonyl (C=O) groups excluding carboxylic acids is 1. The summed E-state index contributed by atoms with van der Waals surface area (Å²) < 4.78 is 5.57. The highest BCUT2D eigenvalue weighted by atomic mass is 16.3. The van der Waals surface area contributed by atoms with Crippen molar-refractivity contribution < 1.29 is 9.21 Å². The Balaban J connectivity index is 1.55. The van der Waals surface area contributed by atoms with E-state index in [0.717, 1.165) is 24.4 Å². The van der Waals surface area contributed by atoms with Gasteiger partial charge in [0.15, 0.2) is 0 Å². The van der Waals surface area contributed by atoms with E-state index in [9.17, 15) is 4.79 Å². The Hall–Kier alpha value is -2.34. The van der Waals surface area contributed by atoms with Gasteiger partial charge in [-0.05, 0) is 56.6 Å². The van der Waals surface area contributed by atoms with E-state index in [0.29, 0.717) is 6.54 Å². The van der Waals surface area contributed by atoms with Crippen molar-refractivity contribution in [2.24, 2.45) is 0 Å². The molecule has 2 aromatic heterocycles. The van der Waals surface area contributed by atoms with Gasteiger partial charge in [0.25, 0.3) is 0 Å². The largest absolute Gasteiger partial charge is 0.468 e. The Morgan fingerprint density at radius 1 is 1.33 bits per heavy atom. The molecular formula is C18H24N4O2. The van der Waals surface area contributed by atoms with E-state index in [1.807, 2.05) is 31.2 Å². The third-order valence-electron chi connectivity index (χ3n) is 4.44. The molecule has 24 heavy (non-hydrogen) atoms. The maximum absolute atomic E-state index is 12.2. The molecular weight excluding hydrogens is 304 g/mol. The van der Waals surface area contributed by atoms with Crippen LogP contribution in [0.5, 0.6) is 0 Å². The Morgan fingerprint density at radius 2 is 2.17 bits per heavy atom. The van der Waals surface area contributed by atoms with Crippen molar-refractivity contribution in [2.75, 3.05) is 19.6 Å². The van der Waals surface area contributed by atoms with E-state index >= 15 is 0 Å². The number of hydrogen-bond donors (Lipinski definition) is 2. The minimum atomic E-state index is -0.179. The molecule has 2 N–H and O–H groups in total. The molecule has 3 rings (SSSR count). The molecule has 2 atom stereocenters. The van der Waals surface area contributed by atoms with Gasteiger partial charge in [-0.2, -0.15) is 0 Å². The Labute approximate surface area is 142 Å². The van der Waals surface area contributed by atoms with Crippen LogP contribution in [0.15, 0.2) is 47.3 Å². The zero-order valence-electron chi connectivity index (χ0n) is 13.9. The van der Waals surface area contributed by atoms with Crippen LogP contribution in [-0.4, -0.2) is 35.5 Å². The lowest BCUT2D eigenvalue weighted by Crippen LogP contribution is -2.42. The smallest absolute Gasteiger partial charge is 0.315 e. The third-order valence-corrected chi connectivity index (χ3v) is 4.44. The molecule has 128 valence electrons. The van der Waals surface area contributed by atoms with E-state index in [-0.39, 0.29) is 18.1 Å². The van der Waals surface area contributed by atoms with Crippen molar-refractivity contribution in [1.29, 1.82) is 0 Å². The van der Waals surface area contributed by atoms with Crippen LogP contribution in [0.25, 0.3) is 0 Å². The first-order valence-corrected chi connectivity index (χ1v) is 8.46. The van der Waals surface area contributed by atoms with Crippen molar-refractivity contribution in [1.82, 2.24) is 20.5 Å². The lowest BCUT2D eigenvalue weighted by atomic mass is 10.1. The molecule has 0 spiro atoms. The first kappa shape index (κ1) is 16.5. The first-order chi connectivity index (χ1) is 11.7. The molecule has 0 unspecified atom stereocenters. The van der Waals surface area contributed by atoms with Crippen molar-refractivity contribution in [3.63, 3.8) is 0 Å². The lowest BCUT2D eigenvalue weighted by molar-refractivity contribution is 0.202. The van der Waals surface area contributed by atoms with Gasteiger partial charge in [0, 0.05) is 18.9 Å². The van der Waals surface area contributed by atoms with Crippen LogP contribution < -0.4 is 10.6 Å². The third kappa shape index (κ3) is 4.14. The molecule has 1 saturated heterocycles. The minimum absolute atomic E-state index is 0.0851. The SMILES string of the molecule is C[C@@H](NC(=O)NC[C@H](c1ccco1)N1CCCC1)c1cccnc1. The maximum atomic E-state index is 12.2. The number of urea groups is 1. The fourth-order valence-electron chi connectivity index (χ4n) is 3.10. The molecule has 1 aliphatic rings. The van der Waals surface area contributed by atoms with E-state index in [1.54, 1.807) is 18.7 Å². The van der Waals surface area contributed by atoms with Gasteiger partial charge in [0.2, 0.25) is 0 Å². The molecule has 0 radical (unpaired) electrons. The second kappa shape index (κ2) is 7.97. The number of aromatic nitrogens is 1. The number of hydrogen-bond acceptors (Lipinski definition) is 4. The van der Waals surface area contributed by atoms with Gasteiger partial charge < -0.3 is 15.1 Å². The Morgan fingerprint density at radius 3 is 2.83 bits per heavy atom. The number of furan rings is 1. The van der Waals surface area contributed by atoms with E-state index in [2.05, 4.69) is 20.5 Å². The molecule has 6 nitrogen and oxygen atoms in total. The zero-order chi connectivity index (χ0) is 16.8. The highest BCUT2D eigenvalue weighted by Crippen LogP contribution is 2.24. The summed E-state index contributed by atoms with van der Waals surface area (Å²) in [4.78, 5) is 18.7. The summed E-state index contributed by atoms with van der Waals surface area (Å²) in [5.74, 6) is 0.900. The average Bonchev–Trinajstić information content (AvgIpc) is 3.30. The number of amides is 2. The van der Waals surface area contributed by atoms with Crippen LogP contribution in [-0.2, 0) is 0 Å². The summed E-state index contributed by atoms with van der Waals surface area (Å²) in [6.45, 7) is 4.56. The fourth-order valence-corrected chi connectivity index (χ4v) is 3.10. The Bertz CT molecular complexity index is 624. The summed E-state index contributed by atoms with van der Waals surface area (Å²) in [5, 5.41) is 5.92. The predicted molar refractivity (Wildman–Crippen MR) is 91.4 cm³/mol. The maximum Gasteiger partial charge on any atom is 0.315 e. The predicted octanol–water partition coefficient (Wildman–Crippen LogP) is 2.87. The van der Waals surface area contributed by atoms with Crippen LogP contribution in [0.3, 0.4) is 0 Å². The van der Waals surface area contributed by atoms with Crippen LogP contribution >= 0.6 is 0 Å². The zero-order valence-corrected chi connectivity index (χ0v) is 13.9. The van der Waals surface area contributed by atoms with E-state index in [1.165, 1.54) is 12.8 Å². The molecule has 1 aliphatic heterocycles. The Kier molecular flexibility index (Phi) is 5.48. The number of pyridine rings is 1. The molecule has 0 aromatic carbocycles. The van der Waals surface area contributed by atoms with Gasteiger partial charge in [-0.1, -0.05) is 6.07 Å². The molecule has 6 heteroatoms. The van der Waals surface area contributed by atoms with E-state index in [4.69, 9.17) is 4.42 Å². The van der Waals surface area contributed by atoms with Crippen LogP contribution in [0.1, 0.15) is 43.2 Å². The van der Waals surface area contributed by atoms with Crippen molar-refractivity contribution in [2.45, 2.75) is 31.8 Å². The lowest BCUT2D eigenvalue weighted by Gasteiger charge is -2.26. The second-order valence-electron chi connectivity index (χ2n) is 6.14. The van der Waals surface area contributed by atoms with Gasteiger partial charge in [0.1, 0.15) is 5.76 Å². The van der Waals surface area contributed by atoms with E-state index < -0.39 is 0 Å². The molecule has 1 fully saturated rings. The number of nitrogens with one attached hydrogen (secondary N) is 2.